The maximum atomic E-state index is 14.3. The van der Waals surface area contributed by atoms with E-state index in [0.717, 1.165) is 44.3 Å². The predicted molar refractivity (Wildman–Crippen MR) is 90.4 cm³/mol. The van der Waals surface area contributed by atoms with Crippen molar-refractivity contribution in [2.75, 3.05) is 26.0 Å². The molecular formula is C17H23FN2O2S. The Balaban J connectivity index is 1.76. The average Bonchev–Trinajstić information content (AvgIpc) is 3.39. The van der Waals surface area contributed by atoms with Crippen LogP contribution in [0.2, 0.25) is 0 Å². The van der Waals surface area contributed by atoms with Gasteiger partial charge in [0.25, 0.3) is 5.91 Å². The van der Waals surface area contributed by atoms with Gasteiger partial charge >= 0.3 is 0 Å². The summed E-state index contributed by atoms with van der Waals surface area (Å²) in [5.41, 5.74) is 1.09. The van der Waals surface area contributed by atoms with E-state index < -0.39 is 5.82 Å². The molecule has 1 saturated heterocycles. The topological polar surface area (TPSA) is 50.4 Å². The Bertz CT molecular complexity index is 572. The van der Waals surface area contributed by atoms with Crippen LogP contribution in [0.5, 0.6) is 5.75 Å². The molecule has 2 aliphatic rings. The molecule has 2 N–H and O–H groups in total. The minimum Gasteiger partial charge on any atom is -0.493 e. The van der Waals surface area contributed by atoms with E-state index in [1.165, 1.54) is 18.0 Å². The van der Waals surface area contributed by atoms with Gasteiger partial charge in [-0.25, -0.2) is 4.39 Å². The van der Waals surface area contributed by atoms with Gasteiger partial charge in [0.2, 0.25) is 0 Å². The van der Waals surface area contributed by atoms with Crippen LogP contribution in [0.25, 0.3) is 0 Å². The largest absolute Gasteiger partial charge is 0.493 e. The van der Waals surface area contributed by atoms with Gasteiger partial charge in [-0.1, -0.05) is 11.9 Å². The molecule has 1 aliphatic carbocycles. The van der Waals surface area contributed by atoms with Crippen LogP contribution in [0.3, 0.4) is 0 Å². The van der Waals surface area contributed by atoms with Crippen LogP contribution in [0.15, 0.2) is 12.1 Å². The lowest BCUT2D eigenvalue weighted by molar-refractivity contribution is 0.0980. The maximum absolute atomic E-state index is 14.3. The van der Waals surface area contributed by atoms with Crippen LogP contribution in [-0.2, 0) is 0 Å². The Labute approximate surface area is 140 Å². The van der Waals surface area contributed by atoms with E-state index in [9.17, 15) is 9.18 Å². The van der Waals surface area contributed by atoms with Gasteiger partial charge in [0.1, 0.15) is 11.6 Å². The highest BCUT2D eigenvalue weighted by Gasteiger charge is 2.29. The average molecular weight is 338 g/mol. The summed E-state index contributed by atoms with van der Waals surface area (Å²) in [6.45, 7) is 2.66. The van der Waals surface area contributed by atoms with Crippen molar-refractivity contribution in [3.05, 3.63) is 29.1 Å². The maximum Gasteiger partial charge on any atom is 0.264 e. The number of piperidine rings is 1. The van der Waals surface area contributed by atoms with Gasteiger partial charge < -0.3 is 10.1 Å². The minimum absolute atomic E-state index is 0.107. The highest BCUT2D eigenvalue weighted by atomic mass is 32.2. The smallest absolute Gasteiger partial charge is 0.264 e. The third-order valence-electron chi connectivity index (χ3n) is 4.49. The van der Waals surface area contributed by atoms with E-state index in [0.29, 0.717) is 24.2 Å². The molecule has 4 nitrogen and oxygen atoms in total. The van der Waals surface area contributed by atoms with Crippen molar-refractivity contribution in [1.82, 2.24) is 10.0 Å². The van der Waals surface area contributed by atoms with E-state index in [4.69, 9.17) is 4.74 Å². The van der Waals surface area contributed by atoms with Gasteiger partial charge in [-0.3, -0.25) is 9.52 Å². The summed E-state index contributed by atoms with van der Waals surface area (Å²) in [6, 6.07) is 3.07. The molecule has 0 bridgehead atoms. The van der Waals surface area contributed by atoms with Crippen LogP contribution < -0.4 is 14.8 Å². The highest BCUT2D eigenvalue weighted by molar-refractivity contribution is 7.97. The monoisotopic (exact) mass is 338 g/mol. The number of carbonyl (C=O) groups is 1. The molecule has 0 aromatic heterocycles. The molecule has 126 valence electrons. The van der Waals surface area contributed by atoms with Gasteiger partial charge in [-0.05, 0) is 62.2 Å². The summed E-state index contributed by atoms with van der Waals surface area (Å²) in [7, 11) is 0. The number of amides is 1. The van der Waals surface area contributed by atoms with E-state index in [-0.39, 0.29) is 11.5 Å². The normalized spacial score (nSPS) is 18.7. The van der Waals surface area contributed by atoms with E-state index in [1.54, 1.807) is 12.3 Å². The van der Waals surface area contributed by atoms with Gasteiger partial charge in [0, 0.05) is 12.3 Å². The first-order valence-electron chi connectivity index (χ1n) is 8.19. The Morgan fingerprint density at radius 2 is 2.09 bits per heavy atom. The molecule has 1 aromatic carbocycles. The van der Waals surface area contributed by atoms with Crippen molar-refractivity contribution in [2.24, 2.45) is 5.92 Å². The van der Waals surface area contributed by atoms with Crippen LogP contribution >= 0.6 is 11.9 Å². The Morgan fingerprint density at radius 3 is 2.74 bits per heavy atom. The first-order valence-corrected chi connectivity index (χ1v) is 9.41. The van der Waals surface area contributed by atoms with Crippen LogP contribution in [-0.4, -0.2) is 31.9 Å². The van der Waals surface area contributed by atoms with Crippen molar-refractivity contribution in [2.45, 2.75) is 31.6 Å². The van der Waals surface area contributed by atoms with Gasteiger partial charge in [0.05, 0.1) is 12.2 Å². The standard InChI is InChI=1S/C17H23FN2O2S/c1-23-20-17(21)14-8-13(12-2-3-12)16(9-15(14)18)22-10-11-4-6-19-7-5-11/h8-9,11-12,19H,2-7,10H2,1H3,(H,20,21). The second-order valence-electron chi connectivity index (χ2n) is 6.28. The Morgan fingerprint density at radius 1 is 1.35 bits per heavy atom. The molecule has 3 rings (SSSR count). The molecule has 0 spiro atoms. The summed E-state index contributed by atoms with van der Waals surface area (Å²) in [6.07, 6.45) is 6.09. The number of ether oxygens (including phenoxy) is 1. The summed E-state index contributed by atoms with van der Waals surface area (Å²) in [5.74, 6) is 0.637. The molecule has 1 saturated carbocycles. The van der Waals surface area contributed by atoms with Crippen LogP contribution in [0.1, 0.15) is 47.5 Å². The first-order chi connectivity index (χ1) is 11.2. The van der Waals surface area contributed by atoms with Gasteiger partial charge in [-0.15, -0.1) is 0 Å². The van der Waals surface area contributed by atoms with Crippen molar-refractivity contribution in [3.8, 4) is 5.75 Å². The molecule has 1 aromatic rings. The molecule has 1 amide bonds. The fraction of sp³-hybridized carbons (Fsp3) is 0.588. The summed E-state index contributed by atoms with van der Waals surface area (Å²) < 4.78 is 22.8. The first kappa shape index (κ1) is 16.6. The van der Waals surface area contributed by atoms with Crippen LogP contribution in [0, 0.1) is 11.7 Å². The molecule has 0 radical (unpaired) electrons. The third kappa shape index (κ3) is 4.18. The van der Waals surface area contributed by atoms with Crippen molar-refractivity contribution >= 4 is 17.9 Å². The molecule has 6 heteroatoms. The molecule has 2 fully saturated rings. The zero-order valence-electron chi connectivity index (χ0n) is 13.4. The number of hydrogen-bond donors (Lipinski definition) is 2. The number of carbonyl (C=O) groups excluding carboxylic acids is 1. The number of nitrogens with one attached hydrogen (secondary N) is 2. The zero-order chi connectivity index (χ0) is 16.2. The fourth-order valence-electron chi connectivity index (χ4n) is 2.99. The van der Waals surface area contributed by atoms with Gasteiger partial charge in [-0.2, -0.15) is 0 Å². The number of hydrogen-bond acceptors (Lipinski definition) is 4. The van der Waals surface area contributed by atoms with Crippen LogP contribution in [0.4, 0.5) is 4.39 Å². The summed E-state index contributed by atoms with van der Waals surface area (Å²) in [4.78, 5) is 12.0. The molecule has 1 aliphatic heterocycles. The predicted octanol–water partition coefficient (Wildman–Crippen LogP) is 3.09. The minimum atomic E-state index is -0.513. The van der Waals surface area contributed by atoms with E-state index in [1.807, 2.05) is 0 Å². The number of halogens is 1. The lowest BCUT2D eigenvalue weighted by atomic mass is 9.99. The van der Waals surface area contributed by atoms with Crippen molar-refractivity contribution in [3.63, 3.8) is 0 Å². The number of rotatable bonds is 6. The van der Waals surface area contributed by atoms with Gasteiger partial charge in [0.15, 0.2) is 0 Å². The molecule has 23 heavy (non-hydrogen) atoms. The lowest BCUT2D eigenvalue weighted by Crippen LogP contribution is -2.30. The fourth-order valence-corrected chi connectivity index (χ4v) is 3.28. The summed E-state index contributed by atoms with van der Waals surface area (Å²) >= 11 is 1.17. The molecule has 0 unspecified atom stereocenters. The molecular weight excluding hydrogens is 315 g/mol. The Kier molecular flexibility index (Phi) is 5.43. The van der Waals surface area contributed by atoms with Crippen molar-refractivity contribution < 1.29 is 13.9 Å². The molecule has 0 atom stereocenters. The molecule has 1 heterocycles. The quantitative estimate of drug-likeness (QED) is 0.783. The highest BCUT2D eigenvalue weighted by Crippen LogP contribution is 2.45. The Hall–Kier alpha value is -1.27. The SMILES string of the molecule is CSNC(=O)c1cc(C2CC2)c(OCC2CCNCC2)cc1F. The second-order valence-corrected chi connectivity index (χ2v) is 6.90. The zero-order valence-corrected chi connectivity index (χ0v) is 14.2. The lowest BCUT2D eigenvalue weighted by Gasteiger charge is -2.23. The summed E-state index contributed by atoms with van der Waals surface area (Å²) in [5, 5.41) is 3.33. The van der Waals surface area contributed by atoms with E-state index >= 15 is 0 Å². The van der Waals surface area contributed by atoms with E-state index in [2.05, 4.69) is 10.0 Å². The van der Waals surface area contributed by atoms with Crippen molar-refractivity contribution in [1.29, 1.82) is 0 Å². The second kappa shape index (κ2) is 7.53. The third-order valence-corrected chi connectivity index (χ3v) is 4.88. The number of benzene rings is 1.